The molecule has 0 radical (unpaired) electrons. The number of carbonyl (C=O) groups is 3. The molecule has 35 heavy (non-hydrogen) atoms. The van der Waals surface area contributed by atoms with Crippen molar-refractivity contribution in [3.8, 4) is 11.1 Å². The number of carboxylic acid groups (broad SMARTS) is 1. The molecule has 186 valence electrons. The molecule has 0 aliphatic heterocycles. The summed E-state index contributed by atoms with van der Waals surface area (Å²) in [4.78, 5) is 40.6. The molecule has 8 heteroatoms. The summed E-state index contributed by atoms with van der Waals surface area (Å²) in [5, 5.41) is 11.5. The standard InChI is InChI=1S/C27H32N2O6/c30-25(31)17-35-29-26(32)19(14-18-8-2-1-3-9-18)15-28-27(33)34-16-24-22-12-6-4-10-20(22)21-11-5-7-13-23(21)24/h4-7,10-13,18-19,24H,1-3,8-9,14-17H2,(H,28,33)(H,29,32)(H,30,31). The van der Waals surface area contributed by atoms with Crippen molar-refractivity contribution in [2.45, 2.75) is 44.4 Å². The Balaban J connectivity index is 1.33. The van der Waals surface area contributed by atoms with E-state index in [1.165, 1.54) is 6.42 Å². The minimum atomic E-state index is -1.18. The maximum atomic E-state index is 12.6. The molecule has 0 aromatic heterocycles. The van der Waals surface area contributed by atoms with Crippen molar-refractivity contribution in [2.24, 2.45) is 11.8 Å². The average Bonchev–Trinajstić information content (AvgIpc) is 3.19. The normalized spacial score (nSPS) is 16.1. The summed E-state index contributed by atoms with van der Waals surface area (Å²) >= 11 is 0. The summed E-state index contributed by atoms with van der Waals surface area (Å²) < 4.78 is 5.58. The van der Waals surface area contributed by atoms with Crippen molar-refractivity contribution in [2.75, 3.05) is 19.8 Å². The molecule has 2 aromatic rings. The second-order valence-electron chi connectivity index (χ2n) is 9.29. The molecule has 3 N–H and O–H groups in total. The SMILES string of the molecule is O=C(O)CONC(=O)C(CNC(=O)OCC1c2ccccc2-c2ccccc21)CC1CCCCC1. The van der Waals surface area contributed by atoms with Crippen LogP contribution < -0.4 is 10.8 Å². The largest absolute Gasteiger partial charge is 0.479 e. The van der Waals surface area contributed by atoms with E-state index >= 15 is 0 Å². The van der Waals surface area contributed by atoms with Crippen LogP contribution in [0.15, 0.2) is 48.5 Å². The average molecular weight is 481 g/mol. The van der Waals surface area contributed by atoms with E-state index in [0.717, 1.165) is 47.9 Å². The van der Waals surface area contributed by atoms with Gasteiger partial charge in [-0.3, -0.25) is 9.63 Å². The van der Waals surface area contributed by atoms with Crippen molar-refractivity contribution in [1.29, 1.82) is 0 Å². The number of hydrogen-bond acceptors (Lipinski definition) is 5. The van der Waals surface area contributed by atoms with Crippen LogP contribution >= 0.6 is 0 Å². The molecule has 2 amide bonds. The van der Waals surface area contributed by atoms with Gasteiger partial charge in [0.05, 0.1) is 5.92 Å². The van der Waals surface area contributed by atoms with Gasteiger partial charge in [-0.05, 0) is 34.6 Å². The van der Waals surface area contributed by atoms with Crippen molar-refractivity contribution < 1.29 is 29.1 Å². The first-order valence-electron chi connectivity index (χ1n) is 12.2. The molecule has 4 rings (SSSR count). The second kappa shape index (κ2) is 11.8. The van der Waals surface area contributed by atoms with Crippen LogP contribution in [0.5, 0.6) is 0 Å². The molecule has 1 fully saturated rings. The van der Waals surface area contributed by atoms with Gasteiger partial charge < -0.3 is 15.2 Å². The van der Waals surface area contributed by atoms with Crippen LogP contribution in [0.25, 0.3) is 11.1 Å². The highest BCUT2D eigenvalue weighted by molar-refractivity contribution is 5.80. The maximum absolute atomic E-state index is 12.6. The molecule has 1 saturated carbocycles. The van der Waals surface area contributed by atoms with E-state index in [9.17, 15) is 14.4 Å². The third-order valence-electron chi connectivity index (χ3n) is 6.92. The molecule has 1 atom stereocenters. The zero-order valence-corrected chi connectivity index (χ0v) is 19.7. The van der Waals surface area contributed by atoms with E-state index in [1.54, 1.807) is 0 Å². The van der Waals surface area contributed by atoms with Gasteiger partial charge in [0.15, 0.2) is 6.61 Å². The number of fused-ring (bicyclic) bond motifs is 3. The van der Waals surface area contributed by atoms with E-state index in [2.05, 4.69) is 35.1 Å². The minimum absolute atomic E-state index is 0.0427. The molecular formula is C27H32N2O6. The Kier molecular flexibility index (Phi) is 8.36. The third kappa shape index (κ3) is 6.39. The van der Waals surface area contributed by atoms with Gasteiger partial charge in [0.25, 0.3) is 0 Å². The first-order valence-corrected chi connectivity index (χ1v) is 12.2. The number of amides is 2. The van der Waals surface area contributed by atoms with Crippen LogP contribution in [0.3, 0.4) is 0 Å². The summed E-state index contributed by atoms with van der Waals surface area (Å²) in [5.74, 6) is -1.80. The lowest BCUT2D eigenvalue weighted by atomic mass is 9.82. The third-order valence-corrected chi connectivity index (χ3v) is 6.92. The zero-order valence-electron chi connectivity index (χ0n) is 19.7. The Morgan fingerprint density at radius 2 is 1.57 bits per heavy atom. The molecule has 0 heterocycles. The Bertz CT molecular complexity index is 1000. The Morgan fingerprint density at radius 1 is 0.943 bits per heavy atom. The van der Waals surface area contributed by atoms with Crippen LogP contribution in [0.1, 0.15) is 55.6 Å². The fraction of sp³-hybridized carbons (Fsp3) is 0.444. The predicted molar refractivity (Wildman–Crippen MR) is 129 cm³/mol. The van der Waals surface area contributed by atoms with Crippen molar-refractivity contribution in [3.05, 3.63) is 59.7 Å². The Morgan fingerprint density at radius 3 is 2.20 bits per heavy atom. The predicted octanol–water partition coefficient (Wildman–Crippen LogP) is 4.24. The van der Waals surface area contributed by atoms with Crippen LogP contribution in [0.4, 0.5) is 4.79 Å². The number of ether oxygens (including phenoxy) is 1. The summed E-state index contributed by atoms with van der Waals surface area (Å²) in [5.41, 5.74) is 6.79. The first-order chi connectivity index (χ1) is 17.0. The summed E-state index contributed by atoms with van der Waals surface area (Å²) in [6.07, 6.45) is 5.58. The number of nitrogens with one attached hydrogen (secondary N) is 2. The van der Waals surface area contributed by atoms with Crippen molar-refractivity contribution in [3.63, 3.8) is 0 Å². The highest BCUT2D eigenvalue weighted by atomic mass is 16.7. The molecule has 0 bridgehead atoms. The van der Waals surface area contributed by atoms with Gasteiger partial charge in [-0.1, -0.05) is 80.6 Å². The van der Waals surface area contributed by atoms with Crippen LogP contribution in [0.2, 0.25) is 0 Å². The lowest BCUT2D eigenvalue weighted by Crippen LogP contribution is -2.41. The lowest BCUT2D eigenvalue weighted by molar-refractivity contribution is -0.150. The fourth-order valence-corrected chi connectivity index (χ4v) is 5.22. The van der Waals surface area contributed by atoms with E-state index in [4.69, 9.17) is 14.7 Å². The molecule has 2 aliphatic rings. The van der Waals surface area contributed by atoms with Gasteiger partial charge >= 0.3 is 12.1 Å². The fourth-order valence-electron chi connectivity index (χ4n) is 5.22. The van der Waals surface area contributed by atoms with Crippen molar-refractivity contribution in [1.82, 2.24) is 10.8 Å². The van der Waals surface area contributed by atoms with Crippen LogP contribution in [-0.2, 0) is 19.2 Å². The topological polar surface area (TPSA) is 114 Å². The number of rotatable bonds is 10. The number of carbonyl (C=O) groups excluding carboxylic acids is 2. The van der Waals surface area contributed by atoms with Gasteiger partial charge in [-0.25, -0.2) is 15.1 Å². The molecule has 1 unspecified atom stereocenters. The number of benzene rings is 2. The molecule has 0 spiro atoms. The maximum Gasteiger partial charge on any atom is 0.407 e. The molecule has 8 nitrogen and oxygen atoms in total. The summed E-state index contributed by atoms with van der Waals surface area (Å²) in [6.45, 7) is -0.335. The van der Waals surface area contributed by atoms with Crippen molar-refractivity contribution >= 4 is 18.0 Å². The van der Waals surface area contributed by atoms with E-state index in [0.29, 0.717) is 12.3 Å². The second-order valence-corrected chi connectivity index (χ2v) is 9.29. The quantitative estimate of drug-likeness (QED) is 0.438. The van der Waals surface area contributed by atoms with Gasteiger partial charge in [-0.15, -0.1) is 0 Å². The number of carboxylic acids is 1. The van der Waals surface area contributed by atoms with Crippen LogP contribution in [-0.4, -0.2) is 42.8 Å². The van der Waals surface area contributed by atoms with E-state index in [1.807, 2.05) is 24.3 Å². The van der Waals surface area contributed by atoms with Gasteiger partial charge in [0.2, 0.25) is 5.91 Å². The van der Waals surface area contributed by atoms with E-state index < -0.39 is 30.5 Å². The minimum Gasteiger partial charge on any atom is -0.479 e. The molecule has 2 aromatic carbocycles. The Hall–Kier alpha value is -3.39. The summed E-state index contributed by atoms with van der Waals surface area (Å²) in [6, 6.07) is 16.2. The van der Waals surface area contributed by atoms with Gasteiger partial charge in [-0.2, -0.15) is 0 Å². The van der Waals surface area contributed by atoms with Gasteiger partial charge in [0.1, 0.15) is 6.61 Å². The lowest BCUT2D eigenvalue weighted by Gasteiger charge is -2.26. The number of alkyl carbamates (subject to hydrolysis) is 1. The van der Waals surface area contributed by atoms with E-state index in [-0.39, 0.29) is 19.1 Å². The highest BCUT2D eigenvalue weighted by Gasteiger charge is 2.30. The summed E-state index contributed by atoms with van der Waals surface area (Å²) in [7, 11) is 0. The number of hydroxylamine groups is 1. The smallest absolute Gasteiger partial charge is 0.407 e. The number of aliphatic carboxylic acids is 1. The Labute approximate surface area is 205 Å². The first kappa shape index (κ1) is 24.7. The van der Waals surface area contributed by atoms with Gasteiger partial charge in [0, 0.05) is 12.5 Å². The molecule has 0 saturated heterocycles. The molecule has 2 aliphatic carbocycles. The monoisotopic (exact) mass is 480 g/mol. The molecular weight excluding hydrogens is 448 g/mol. The highest BCUT2D eigenvalue weighted by Crippen LogP contribution is 2.44. The zero-order chi connectivity index (χ0) is 24.6. The van der Waals surface area contributed by atoms with Crippen LogP contribution in [0, 0.1) is 11.8 Å². The number of hydrogen-bond donors (Lipinski definition) is 3.